The fourth-order valence-electron chi connectivity index (χ4n) is 1.53. The molecular formula is C11H16N3O2P. The molecule has 0 fully saturated rings. The van der Waals surface area contributed by atoms with Gasteiger partial charge in [0.2, 0.25) is 0 Å². The molecule has 0 saturated carbocycles. The van der Waals surface area contributed by atoms with Gasteiger partial charge in [-0.3, -0.25) is 9.88 Å². The molecule has 0 aromatic heterocycles. The molecule has 0 aliphatic carbocycles. The Hall–Kier alpha value is -1.32. The first-order valence-corrected chi connectivity index (χ1v) is 5.98. The summed E-state index contributed by atoms with van der Waals surface area (Å²) in [7, 11) is 2.31. The second kappa shape index (κ2) is 7.09. The molecule has 0 spiro atoms. The molecule has 17 heavy (non-hydrogen) atoms. The van der Waals surface area contributed by atoms with Crippen molar-refractivity contribution in [2.45, 2.75) is 13.3 Å². The SMILES string of the molecule is CCc1ccccc1C(=O)N(CCNP)N=O. The third-order valence-electron chi connectivity index (χ3n) is 2.43. The van der Waals surface area contributed by atoms with Crippen LogP contribution in [0.25, 0.3) is 0 Å². The minimum atomic E-state index is -0.349. The summed E-state index contributed by atoms with van der Waals surface area (Å²) in [6.07, 6.45) is 0.747. The molecule has 1 atom stereocenters. The molecule has 6 heteroatoms. The van der Waals surface area contributed by atoms with E-state index in [0.29, 0.717) is 12.1 Å². The molecule has 0 aliphatic heterocycles. The normalized spacial score (nSPS) is 10.0. The van der Waals surface area contributed by atoms with Gasteiger partial charge in [0.25, 0.3) is 5.91 Å². The number of nitrogens with zero attached hydrogens (tertiary/aromatic N) is 2. The van der Waals surface area contributed by atoms with Crippen LogP contribution in [-0.4, -0.2) is 24.0 Å². The molecule has 92 valence electrons. The summed E-state index contributed by atoms with van der Waals surface area (Å²) < 4.78 is 0. The molecule has 0 aliphatic rings. The maximum Gasteiger partial charge on any atom is 0.276 e. The summed E-state index contributed by atoms with van der Waals surface area (Å²) in [4.78, 5) is 22.7. The van der Waals surface area contributed by atoms with E-state index in [9.17, 15) is 9.70 Å². The van der Waals surface area contributed by atoms with Crippen LogP contribution in [0, 0.1) is 4.91 Å². The van der Waals surface area contributed by atoms with E-state index < -0.39 is 0 Å². The van der Waals surface area contributed by atoms with Crippen molar-refractivity contribution in [3.63, 3.8) is 0 Å². The molecule has 0 bridgehead atoms. The Labute approximate surface area is 103 Å². The molecule has 1 aromatic carbocycles. The lowest BCUT2D eigenvalue weighted by molar-refractivity contribution is 0.0760. The average molecular weight is 253 g/mol. The summed E-state index contributed by atoms with van der Waals surface area (Å²) in [5, 5.41) is 6.49. The maximum atomic E-state index is 12.1. The highest BCUT2D eigenvalue weighted by Gasteiger charge is 2.18. The number of hydrogen-bond acceptors (Lipinski definition) is 4. The van der Waals surface area contributed by atoms with Gasteiger partial charge < -0.3 is 0 Å². The Morgan fingerprint density at radius 2 is 2.18 bits per heavy atom. The number of nitrogens with one attached hydrogen (secondary N) is 1. The fraction of sp³-hybridized carbons (Fsp3) is 0.364. The molecule has 0 radical (unpaired) electrons. The number of nitroso groups, excluding NO2 is 1. The standard InChI is InChI=1S/C11H16N3O2P/c1-2-9-5-3-4-6-10(9)11(15)14(13-16)8-7-12-17/h3-6,12H,2,7-8,17H2,1H3. The summed E-state index contributed by atoms with van der Waals surface area (Å²) in [6, 6.07) is 7.25. The Morgan fingerprint density at radius 1 is 1.47 bits per heavy atom. The van der Waals surface area contributed by atoms with Gasteiger partial charge in [0, 0.05) is 12.1 Å². The second-order valence-corrected chi connectivity index (χ2v) is 3.88. The lowest BCUT2D eigenvalue weighted by Crippen LogP contribution is -2.31. The smallest absolute Gasteiger partial charge is 0.276 e. The minimum absolute atomic E-state index is 0.254. The summed E-state index contributed by atoms with van der Waals surface area (Å²) in [6.45, 7) is 2.72. The van der Waals surface area contributed by atoms with Crippen molar-refractivity contribution in [1.29, 1.82) is 0 Å². The van der Waals surface area contributed by atoms with Crippen molar-refractivity contribution >= 4 is 15.3 Å². The van der Waals surface area contributed by atoms with Gasteiger partial charge in [-0.2, -0.15) is 5.01 Å². The first-order chi connectivity index (χ1) is 8.24. The summed E-state index contributed by atoms with van der Waals surface area (Å²) >= 11 is 0. The van der Waals surface area contributed by atoms with E-state index in [2.05, 4.69) is 19.8 Å². The number of hydrogen-bond donors (Lipinski definition) is 1. The molecule has 1 N–H and O–H groups in total. The highest BCUT2D eigenvalue weighted by Crippen LogP contribution is 2.12. The van der Waals surface area contributed by atoms with Crippen LogP contribution in [0.15, 0.2) is 29.6 Å². The predicted octanol–water partition coefficient (Wildman–Crippen LogP) is 1.75. The van der Waals surface area contributed by atoms with Crippen LogP contribution in [0.3, 0.4) is 0 Å². The molecule has 5 nitrogen and oxygen atoms in total. The second-order valence-electron chi connectivity index (χ2n) is 3.47. The lowest BCUT2D eigenvalue weighted by Gasteiger charge is -2.14. The van der Waals surface area contributed by atoms with Gasteiger partial charge in [-0.05, 0) is 18.1 Å². The number of aryl methyl sites for hydroxylation is 1. The zero-order valence-electron chi connectivity index (χ0n) is 9.72. The fourth-order valence-corrected chi connectivity index (χ4v) is 1.66. The van der Waals surface area contributed by atoms with Gasteiger partial charge in [-0.15, -0.1) is 4.91 Å². The van der Waals surface area contributed by atoms with Crippen LogP contribution in [-0.2, 0) is 6.42 Å². The monoisotopic (exact) mass is 253 g/mol. The minimum Gasteiger partial charge on any atom is -0.299 e. The predicted molar refractivity (Wildman–Crippen MR) is 70.4 cm³/mol. The van der Waals surface area contributed by atoms with Crippen molar-refractivity contribution in [3.8, 4) is 0 Å². The van der Waals surface area contributed by atoms with Crippen LogP contribution >= 0.6 is 9.39 Å². The zero-order chi connectivity index (χ0) is 12.7. The highest BCUT2D eigenvalue weighted by atomic mass is 31.0. The topological polar surface area (TPSA) is 61.8 Å². The third-order valence-corrected chi connectivity index (χ3v) is 2.72. The number of rotatable bonds is 6. The number of amides is 1. The molecule has 0 heterocycles. The highest BCUT2D eigenvalue weighted by molar-refractivity contribution is 7.13. The quantitative estimate of drug-likeness (QED) is 0.477. The van der Waals surface area contributed by atoms with Gasteiger partial charge in [-0.25, -0.2) is 0 Å². The van der Waals surface area contributed by atoms with E-state index in [-0.39, 0.29) is 12.5 Å². The number of benzene rings is 1. The van der Waals surface area contributed by atoms with Crippen LogP contribution < -0.4 is 5.09 Å². The van der Waals surface area contributed by atoms with Crippen LogP contribution in [0.4, 0.5) is 0 Å². The van der Waals surface area contributed by atoms with E-state index in [1.807, 2.05) is 19.1 Å². The lowest BCUT2D eigenvalue weighted by atomic mass is 10.0. The van der Waals surface area contributed by atoms with Crippen molar-refractivity contribution in [1.82, 2.24) is 10.1 Å². The maximum absolute atomic E-state index is 12.1. The van der Waals surface area contributed by atoms with Crippen LogP contribution in [0.1, 0.15) is 22.8 Å². The van der Waals surface area contributed by atoms with Gasteiger partial charge >= 0.3 is 0 Å². The van der Waals surface area contributed by atoms with E-state index in [1.54, 1.807) is 12.1 Å². The molecule has 0 saturated heterocycles. The molecule has 1 aromatic rings. The first-order valence-electron chi connectivity index (χ1n) is 5.41. The summed E-state index contributed by atoms with van der Waals surface area (Å²) in [5.74, 6) is -0.349. The third kappa shape index (κ3) is 3.58. The summed E-state index contributed by atoms with van der Waals surface area (Å²) in [5.41, 5.74) is 1.46. The largest absolute Gasteiger partial charge is 0.299 e. The van der Waals surface area contributed by atoms with E-state index >= 15 is 0 Å². The molecular weight excluding hydrogens is 237 g/mol. The average Bonchev–Trinajstić information content (AvgIpc) is 2.39. The van der Waals surface area contributed by atoms with E-state index in [1.165, 1.54) is 0 Å². The van der Waals surface area contributed by atoms with Crippen molar-refractivity contribution in [2.24, 2.45) is 5.29 Å². The van der Waals surface area contributed by atoms with Gasteiger partial charge in [0.05, 0.1) is 11.8 Å². The van der Waals surface area contributed by atoms with Crippen LogP contribution in [0.2, 0.25) is 0 Å². The van der Waals surface area contributed by atoms with Crippen molar-refractivity contribution < 1.29 is 4.79 Å². The Morgan fingerprint density at radius 3 is 2.76 bits per heavy atom. The van der Waals surface area contributed by atoms with Gasteiger partial charge in [-0.1, -0.05) is 34.5 Å². The first kappa shape index (κ1) is 13.7. The number of carbonyl (C=O) groups excluding carboxylic acids is 1. The Kier molecular flexibility index (Phi) is 5.73. The van der Waals surface area contributed by atoms with Crippen LogP contribution in [0.5, 0.6) is 0 Å². The Balaban J connectivity index is 2.89. The van der Waals surface area contributed by atoms with E-state index in [4.69, 9.17) is 0 Å². The zero-order valence-corrected chi connectivity index (χ0v) is 10.9. The molecule has 1 rings (SSSR count). The number of carbonyl (C=O) groups is 1. The molecule has 1 unspecified atom stereocenters. The van der Waals surface area contributed by atoms with E-state index in [0.717, 1.165) is 17.0 Å². The molecule has 1 amide bonds. The van der Waals surface area contributed by atoms with Gasteiger partial charge in [0.1, 0.15) is 0 Å². The van der Waals surface area contributed by atoms with Crippen molar-refractivity contribution in [3.05, 3.63) is 40.3 Å². The van der Waals surface area contributed by atoms with Crippen molar-refractivity contribution in [2.75, 3.05) is 13.1 Å². The Bertz CT molecular complexity index is 398. The van der Waals surface area contributed by atoms with Gasteiger partial charge in [0.15, 0.2) is 0 Å².